The van der Waals surface area contributed by atoms with E-state index in [9.17, 15) is 0 Å². The minimum Gasteiger partial charge on any atom is -0.458 e. The maximum Gasteiger partial charge on any atom is 0.176 e. The van der Waals surface area contributed by atoms with Crippen molar-refractivity contribution in [1.29, 1.82) is 0 Å². The molecule has 3 heterocycles. The SMILES string of the molecule is Cc1ccc(-c2nccn2CC[C@H]2CCCN2C)o1. The van der Waals surface area contributed by atoms with E-state index in [0.29, 0.717) is 6.04 Å². The van der Waals surface area contributed by atoms with E-state index in [1.165, 1.54) is 25.8 Å². The molecule has 3 rings (SSSR count). The smallest absolute Gasteiger partial charge is 0.176 e. The second-order valence-electron chi connectivity index (χ2n) is 5.42. The quantitative estimate of drug-likeness (QED) is 0.846. The normalized spacial score (nSPS) is 20.2. The maximum atomic E-state index is 5.67. The highest BCUT2D eigenvalue weighted by Crippen LogP contribution is 2.23. The van der Waals surface area contributed by atoms with Crippen LogP contribution in [0.4, 0.5) is 0 Å². The topological polar surface area (TPSA) is 34.2 Å². The van der Waals surface area contributed by atoms with Gasteiger partial charge in [0.1, 0.15) is 5.76 Å². The molecule has 1 fully saturated rings. The van der Waals surface area contributed by atoms with Gasteiger partial charge in [-0.2, -0.15) is 0 Å². The highest BCUT2D eigenvalue weighted by molar-refractivity contribution is 5.47. The van der Waals surface area contributed by atoms with Crippen LogP contribution in [-0.4, -0.2) is 34.1 Å². The van der Waals surface area contributed by atoms with Crippen molar-refractivity contribution in [2.24, 2.45) is 0 Å². The molecular formula is C15H21N3O. The standard InChI is InChI=1S/C15H21N3O/c1-12-5-6-14(19-12)15-16-8-11-18(15)10-7-13-4-3-9-17(13)2/h5-6,8,11,13H,3-4,7,9-10H2,1-2H3/t13-/m1/s1. The van der Waals surface area contributed by atoms with E-state index < -0.39 is 0 Å². The van der Waals surface area contributed by atoms with Crippen LogP contribution in [0.5, 0.6) is 0 Å². The monoisotopic (exact) mass is 259 g/mol. The zero-order valence-electron chi connectivity index (χ0n) is 11.7. The highest BCUT2D eigenvalue weighted by Gasteiger charge is 2.21. The molecule has 0 bridgehead atoms. The first kappa shape index (κ1) is 12.5. The van der Waals surface area contributed by atoms with E-state index in [-0.39, 0.29) is 0 Å². The molecule has 19 heavy (non-hydrogen) atoms. The van der Waals surface area contributed by atoms with E-state index >= 15 is 0 Å². The van der Waals surface area contributed by atoms with Crippen molar-refractivity contribution >= 4 is 0 Å². The van der Waals surface area contributed by atoms with E-state index in [0.717, 1.165) is 23.9 Å². The molecule has 0 amide bonds. The Labute approximate surface area is 114 Å². The minimum absolute atomic E-state index is 0.716. The number of nitrogens with zero attached hydrogens (tertiary/aromatic N) is 3. The fourth-order valence-electron chi connectivity index (χ4n) is 2.90. The number of likely N-dealkylation sites (tertiary alicyclic amines) is 1. The lowest BCUT2D eigenvalue weighted by Gasteiger charge is -2.19. The molecule has 2 aromatic heterocycles. The van der Waals surface area contributed by atoms with Gasteiger partial charge < -0.3 is 13.9 Å². The van der Waals surface area contributed by atoms with Gasteiger partial charge in [0.15, 0.2) is 11.6 Å². The highest BCUT2D eigenvalue weighted by atomic mass is 16.3. The van der Waals surface area contributed by atoms with Gasteiger partial charge in [0.05, 0.1) is 0 Å². The zero-order chi connectivity index (χ0) is 13.2. The van der Waals surface area contributed by atoms with Gasteiger partial charge in [0.25, 0.3) is 0 Å². The third kappa shape index (κ3) is 2.59. The fraction of sp³-hybridized carbons (Fsp3) is 0.533. The van der Waals surface area contributed by atoms with Crippen LogP contribution in [0.2, 0.25) is 0 Å². The van der Waals surface area contributed by atoms with Gasteiger partial charge in [0.2, 0.25) is 0 Å². The molecule has 4 heteroatoms. The summed E-state index contributed by atoms with van der Waals surface area (Å²) in [6.45, 7) is 4.20. The fourth-order valence-corrected chi connectivity index (χ4v) is 2.90. The average molecular weight is 259 g/mol. The van der Waals surface area contributed by atoms with Gasteiger partial charge in [0, 0.05) is 25.0 Å². The van der Waals surface area contributed by atoms with Crippen molar-refractivity contribution in [3.63, 3.8) is 0 Å². The summed E-state index contributed by atoms with van der Waals surface area (Å²) >= 11 is 0. The van der Waals surface area contributed by atoms with Crippen LogP contribution in [0.3, 0.4) is 0 Å². The van der Waals surface area contributed by atoms with Gasteiger partial charge in [-0.05, 0) is 51.9 Å². The molecule has 2 aromatic rings. The van der Waals surface area contributed by atoms with Gasteiger partial charge in [-0.25, -0.2) is 4.98 Å². The lowest BCUT2D eigenvalue weighted by Crippen LogP contribution is -2.26. The number of rotatable bonds is 4. The summed E-state index contributed by atoms with van der Waals surface area (Å²) in [5, 5.41) is 0. The maximum absolute atomic E-state index is 5.67. The predicted molar refractivity (Wildman–Crippen MR) is 74.9 cm³/mol. The van der Waals surface area contributed by atoms with Crippen molar-refractivity contribution in [2.45, 2.75) is 38.8 Å². The summed E-state index contributed by atoms with van der Waals surface area (Å²) in [5.74, 6) is 2.73. The van der Waals surface area contributed by atoms with E-state index in [4.69, 9.17) is 4.42 Å². The molecule has 1 aliphatic heterocycles. The van der Waals surface area contributed by atoms with Gasteiger partial charge in [-0.15, -0.1) is 0 Å². The summed E-state index contributed by atoms with van der Waals surface area (Å²) in [6.07, 6.45) is 7.73. The van der Waals surface area contributed by atoms with Gasteiger partial charge in [-0.3, -0.25) is 0 Å². The summed E-state index contributed by atoms with van der Waals surface area (Å²) in [7, 11) is 2.22. The third-order valence-corrected chi connectivity index (χ3v) is 4.05. The number of imidazole rings is 1. The van der Waals surface area contributed by atoms with Crippen molar-refractivity contribution in [2.75, 3.05) is 13.6 Å². The Morgan fingerprint density at radius 1 is 1.42 bits per heavy atom. The number of aryl methyl sites for hydroxylation is 2. The molecule has 0 aromatic carbocycles. The second-order valence-corrected chi connectivity index (χ2v) is 5.42. The average Bonchev–Trinajstić information content (AvgIpc) is 3.07. The minimum atomic E-state index is 0.716. The van der Waals surface area contributed by atoms with Crippen LogP contribution in [0, 0.1) is 6.92 Å². The number of hydrogen-bond acceptors (Lipinski definition) is 3. The molecular weight excluding hydrogens is 238 g/mol. The van der Waals surface area contributed by atoms with Crippen LogP contribution in [0.15, 0.2) is 28.9 Å². The summed E-state index contributed by atoms with van der Waals surface area (Å²) in [4.78, 5) is 6.89. The van der Waals surface area contributed by atoms with Crippen LogP contribution in [-0.2, 0) is 6.54 Å². The van der Waals surface area contributed by atoms with Crippen LogP contribution in [0.25, 0.3) is 11.6 Å². The third-order valence-electron chi connectivity index (χ3n) is 4.05. The molecule has 0 unspecified atom stereocenters. The Hall–Kier alpha value is -1.55. The molecule has 102 valence electrons. The molecule has 1 saturated heterocycles. The Balaban J connectivity index is 1.70. The molecule has 1 atom stereocenters. The first-order chi connectivity index (χ1) is 9.24. The number of aromatic nitrogens is 2. The molecule has 4 nitrogen and oxygen atoms in total. The predicted octanol–water partition coefficient (Wildman–Crippen LogP) is 2.94. The van der Waals surface area contributed by atoms with Gasteiger partial charge >= 0.3 is 0 Å². The van der Waals surface area contributed by atoms with Crippen molar-refractivity contribution in [1.82, 2.24) is 14.5 Å². The Morgan fingerprint density at radius 3 is 3.00 bits per heavy atom. The lowest BCUT2D eigenvalue weighted by molar-refractivity contribution is 0.286. The van der Waals surface area contributed by atoms with E-state index in [1.807, 2.05) is 31.5 Å². The van der Waals surface area contributed by atoms with E-state index in [2.05, 4.69) is 21.5 Å². The van der Waals surface area contributed by atoms with E-state index in [1.54, 1.807) is 0 Å². The second kappa shape index (κ2) is 5.21. The molecule has 0 saturated carbocycles. The van der Waals surface area contributed by atoms with Crippen LogP contribution in [0.1, 0.15) is 25.0 Å². The molecule has 0 spiro atoms. The summed E-state index contributed by atoms with van der Waals surface area (Å²) < 4.78 is 7.87. The van der Waals surface area contributed by atoms with Crippen molar-refractivity contribution in [3.05, 3.63) is 30.3 Å². The van der Waals surface area contributed by atoms with Crippen molar-refractivity contribution < 1.29 is 4.42 Å². The summed E-state index contributed by atoms with van der Waals surface area (Å²) in [5.41, 5.74) is 0. The largest absolute Gasteiger partial charge is 0.458 e. The molecule has 0 aliphatic carbocycles. The first-order valence-corrected chi connectivity index (χ1v) is 7.02. The van der Waals surface area contributed by atoms with Gasteiger partial charge in [-0.1, -0.05) is 0 Å². The molecule has 1 aliphatic rings. The lowest BCUT2D eigenvalue weighted by atomic mass is 10.1. The van der Waals surface area contributed by atoms with Crippen LogP contribution < -0.4 is 0 Å². The Morgan fingerprint density at radius 2 is 2.32 bits per heavy atom. The zero-order valence-corrected chi connectivity index (χ0v) is 11.7. The summed E-state index contributed by atoms with van der Waals surface area (Å²) in [6, 6.07) is 4.70. The van der Waals surface area contributed by atoms with Crippen LogP contribution >= 0.6 is 0 Å². The van der Waals surface area contributed by atoms with Crippen molar-refractivity contribution in [3.8, 4) is 11.6 Å². The molecule has 0 N–H and O–H groups in total. The number of hydrogen-bond donors (Lipinski definition) is 0. The number of furan rings is 1. The Bertz CT molecular complexity index is 543. The Kier molecular flexibility index (Phi) is 3.42. The first-order valence-electron chi connectivity index (χ1n) is 7.02. The molecule has 0 radical (unpaired) electrons.